The van der Waals surface area contributed by atoms with Crippen LogP contribution in [0, 0.1) is 13.8 Å². The van der Waals surface area contributed by atoms with Gasteiger partial charge < -0.3 is 10.2 Å². The molecule has 1 heterocycles. The molecule has 1 aromatic heterocycles. The summed E-state index contributed by atoms with van der Waals surface area (Å²) in [4.78, 5) is 13.7. The topological polar surface area (TPSA) is 61.0 Å². The Kier molecular flexibility index (Phi) is 3.85. The van der Waals surface area contributed by atoms with Gasteiger partial charge in [-0.15, -0.1) is 0 Å². The predicted octanol–water partition coefficient (Wildman–Crippen LogP) is 0.318. The standard InChI is InChI=1S/C10H18N4O/c1-7-8(2)12-13-9(7)10(15)11-5-6-14(3)4/h5-6H2,1-4H3,(H,11,15)(H,12,13). The number of nitrogens with zero attached hydrogens (tertiary/aromatic N) is 2. The number of carbonyl (C=O) groups is 1. The number of hydrogen-bond donors (Lipinski definition) is 2. The molecule has 0 aliphatic carbocycles. The highest BCUT2D eigenvalue weighted by atomic mass is 16.1. The maximum atomic E-state index is 11.6. The normalized spacial score (nSPS) is 10.7. The van der Waals surface area contributed by atoms with Crippen molar-refractivity contribution in [2.24, 2.45) is 0 Å². The van der Waals surface area contributed by atoms with Crippen molar-refractivity contribution in [1.29, 1.82) is 0 Å². The minimum atomic E-state index is -0.112. The molecule has 1 aromatic rings. The molecule has 1 rings (SSSR count). The molecule has 0 saturated carbocycles. The minimum Gasteiger partial charge on any atom is -0.349 e. The van der Waals surface area contributed by atoms with Gasteiger partial charge in [-0.05, 0) is 27.9 Å². The number of aryl methyl sites for hydroxylation is 1. The Morgan fingerprint density at radius 1 is 1.47 bits per heavy atom. The highest BCUT2D eigenvalue weighted by Crippen LogP contribution is 2.07. The summed E-state index contributed by atoms with van der Waals surface area (Å²) in [7, 11) is 3.94. The number of amides is 1. The van der Waals surface area contributed by atoms with Crippen LogP contribution in [0.2, 0.25) is 0 Å². The van der Waals surface area contributed by atoms with Crippen LogP contribution in [-0.4, -0.2) is 48.2 Å². The van der Waals surface area contributed by atoms with Gasteiger partial charge in [0.15, 0.2) is 5.69 Å². The van der Waals surface area contributed by atoms with Crippen molar-refractivity contribution in [2.45, 2.75) is 13.8 Å². The van der Waals surface area contributed by atoms with Crippen LogP contribution >= 0.6 is 0 Å². The van der Waals surface area contributed by atoms with Crippen molar-refractivity contribution in [2.75, 3.05) is 27.2 Å². The van der Waals surface area contributed by atoms with Crippen LogP contribution in [0.3, 0.4) is 0 Å². The molecule has 0 aliphatic rings. The van der Waals surface area contributed by atoms with Gasteiger partial charge in [-0.3, -0.25) is 9.89 Å². The molecule has 5 nitrogen and oxygen atoms in total. The Balaban J connectivity index is 2.51. The number of likely N-dealkylation sites (N-methyl/N-ethyl adjacent to an activating group) is 1. The average Bonchev–Trinajstić information content (AvgIpc) is 2.47. The van der Waals surface area contributed by atoms with E-state index in [2.05, 4.69) is 15.5 Å². The fraction of sp³-hybridized carbons (Fsp3) is 0.600. The molecule has 0 fully saturated rings. The lowest BCUT2D eigenvalue weighted by atomic mass is 10.2. The van der Waals surface area contributed by atoms with Crippen LogP contribution in [0.5, 0.6) is 0 Å². The third-order valence-electron chi connectivity index (χ3n) is 2.31. The summed E-state index contributed by atoms with van der Waals surface area (Å²) in [5.74, 6) is -0.112. The lowest BCUT2D eigenvalue weighted by Crippen LogP contribution is -2.31. The second kappa shape index (κ2) is 4.93. The Morgan fingerprint density at radius 2 is 2.13 bits per heavy atom. The summed E-state index contributed by atoms with van der Waals surface area (Å²) in [5, 5.41) is 9.58. The van der Waals surface area contributed by atoms with Crippen LogP contribution in [0.1, 0.15) is 21.7 Å². The van der Waals surface area contributed by atoms with Crippen LogP contribution in [-0.2, 0) is 0 Å². The Hall–Kier alpha value is -1.36. The molecule has 0 radical (unpaired) electrons. The van der Waals surface area contributed by atoms with E-state index in [1.54, 1.807) is 0 Å². The first-order valence-electron chi connectivity index (χ1n) is 4.97. The molecular weight excluding hydrogens is 192 g/mol. The zero-order valence-electron chi connectivity index (χ0n) is 9.72. The highest BCUT2D eigenvalue weighted by molar-refractivity contribution is 5.93. The highest BCUT2D eigenvalue weighted by Gasteiger charge is 2.13. The molecule has 0 unspecified atom stereocenters. The van der Waals surface area contributed by atoms with Crippen molar-refractivity contribution in [3.05, 3.63) is 17.0 Å². The molecule has 84 valence electrons. The largest absolute Gasteiger partial charge is 0.349 e. The number of hydrogen-bond acceptors (Lipinski definition) is 3. The maximum Gasteiger partial charge on any atom is 0.272 e. The van der Waals surface area contributed by atoms with Crippen molar-refractivity contribution in [3.63, 3.8) is 0 Å². The summed E-state index contributed by atoms with van der Waals surface area (Å²) >= 11 is 0. The molecule has 1 amide bonds. The van der Waals surface area contributed by atoms with Gasteiger partial charge in [0.1, 0.15) is 0 Å². The van der Waals surface area contributed by atoms with Crippen molar-refractivity contribution in [3.8, 4) is 0 Å². The van der Waals surface area contributed by atoms with Gasteiger partial charge >= 0.3 is 0 Å². The molecule has 0 atom stereocenters. The van der Waals surface area contributed by atoms with E-state index in [0.29, 0.717) is 12.2 Å². The number of carbonyl (C=O) groups excluding carboxylic acids is 1. The van der Waals surface area contributed by atoms with Gasteiger partial charge in [0, 0.05) is 24.3 Å². The molecule has 0 aliphatic heterocycles. The lowest BCUT2D eigenvalue weighted by Gasteiger charge is -2.09. The van der Waals surface area contributed by atoms with E-state index < -0.39 is 0 Å². The fourth-order valence-electron chi connectivity index (χ4n) is 1.18. The summed E-state index contributed by atoms with van der Waals surface area (Å²) < 4.78 is 0. The lowest BCUT2D eigenvalue weighted by molar-refractivity contribution is 0.0945. The van der Waals surface area contributed by atoms with E-state index in [1.165, 1.54) is 0 Å². The van der Waals surface area contributed by atoms with Gasteiger partial charge in [-0.1, -0.05) is 0 Å². The van der Waals surface area contributed by atoms with Crippen LogP contribution in [0.25, 0.3) is 0 Å². The van der Waals surface area contributed by atoms with Crippen molar-refractivity contribution >= 4 is 5.91 Å². The minimum absolute atomic E-state index is 0.112. The zero-order valence-corrected chi connectivity index (χ0v) is 9.72. The SMILES string of the molecule is Cc1[nH]nc(C(=O)NCCN(C)C)c1C. The molecule has 0 bridgehead atoms. The van der Waals surface area contributed by atoms with Crippen LogP contribution < -0.4 is 5.32 Å². The average molecular weight is 210 g/mol. The van der Waals surface area contributed by atoms with Crippen molar-refractivity contribution < 1.29 is 4.79 Å². The molecule has 2 N–H and O–H groups in total. The van der Waals surface area contributed by atoms with Gasteiger partial charge in [0.05, 0.1) is 0 Å². The quantitative estimate of drug-likeness (QED) is 0.752. The molecule has 0 saturated heterocycles. The summed E-state index contributed by atoms with van der Waals surface area (Å²) in [5.41, 5.74) is 2.34. The number of rotatable bonds is 4. The number of aromatic nitrogens is 2. The third-order valence-corrected chi connectivity index (χ3v) is 2.31. The van der Waals surface area contributed by atoms with Gasteiger partial charge in [-0.2, -0.15) is 5.10 Å². The second-order valence-electron chi connectivity index (χ2n) is 3.88. The van der Waals surface area contributed by atoms with E-state index in [-0.39, 0.29) is 5.91 Å². The van der Waals surface area contributed by atoms with Crippen LogP contribution in [0.15, 0.2) is 0 Å². The van der Waals surface area contributed by atoms with Gasteiger partial charge in [0.2, 0.25) is 0 Å². The van der Waals surface area contributed by atoms with E-state index in [1.807, 2.05) is 32.8 Å². The van der Waals surface area contributed by atoms with Crippen LogP contribution in [0.4, 0.5) is 0 Å². The van der Waals surface area contributed by atoms with Gasteiger partial charge in [0.25, 0.3) is 5.91 Å². The van der Waals surface area contributed by atoms with E-state index in [9.17, 15) is 4.79 Å². The third kappa shape index (κ3) is 3.06. The van der Waals surface area contributed by atoms with E-state index in [4.69, 9.17) is 0 Å². The van der Waals surface area contributed by atoms with Crippen molar-refractivity contribution in [1.82, 2.24) is 20.4 Å². The predicted molar refractivity (Wildman–Crippen MR) is 58.9 cm³/mol. The fourth-order valence-corrected chi connectivity index (χ4v) is 1.18. The summed E-state index contributed by atoms with van der Waals surface area (Å²) in [6.45, 7) is 5.25. The summed E-state index contributed by atoms with van der Waals surface area (Å²) in [6, 6.07) is 0. The first-order valence-corrected chi connectivity index (χ1v) is 4.97. The smallest absolute Gasteiger partial charge is 0.272 e. The van der Waals surface area contributed by atoms with Gasteiger partial charge in [-0.25, -0.2) is 0 Å². The number of H-pyrrole nitrogens is 1. The molecule has 0 aromatic carbocycles. The monoisotopic (exact) mass is 210 g/mol. The Bertz CT molecular complexity index is 343. The van der Waals surface area contributed by atoms with E-state index >= 15 is 0 Å². The Labute approximate surface area is 89.9 Å². The number of aromatic amines is 1. The number of nitrogens with one attached hydrogen (secondary N) is 2. The molecular formula is C10H18N4O. The first kappa shape index (κ1) is 11.7. The Morgan fingerprint density at radius 3 is 2.60 bits per heavy atom. The molecule has 5 heteroatoms. The summed E-state index contributed by atoms with van der Waals surface area (Å²) in [6.07, 6.45) is 0. The molecule has 0 spiro atoms. The molecule has 15 heavy (non-hydrogen) atoms. The second-order valence-corrected chi connectivity index (χ2v) is 3.88. The van der Waals surface area contributed by atoms with E-state index in [0.717, 1.165) is 17.8 Å². The zero-order chi connectivity index (χ0) is 11.4. The first-order chi connectivity index (χ1) is 7.02. The maximum absolute atomic E-state index is 11.6.